The van der Waals surface area contributed by atoms with Crippen molar-refractivity contribution >= 4 is 17.6 Å². The fraction of sp³-hybridized carbons (Fsp3) is 0.0667. The molecule has 1 aliphatic rings. The summed E-state index contributed by atoms with van der Waals surface area (Å²) in [7, 11) is 1.32. The number of ketones is 2. The standard InChI is InChI=1S/C15H12O4/c1-19-13-9-12(17)14(15(13)18)11(16)8-7-10-5-3-2-4-6-10/h2-9,18H,1H3/b8-7+. The van der Waals surface area contributed by atoms with Crippen molar-refractivity contribution in [2.45, 2.75) is 0 Å². The highest BCUT2D eigenvalue weighted by Crippen LogP contribution is 2.23. The Morgan fingerprint density at radius 2 is 1.95 bits per heavy atom. The van der Waals surface area contributed by atoms with Crippen LogP contribution in [0.25, 0.3) is 6.08 Å². The van der Waals surface area contributed by atoms with E-state index in [0.717, 1.165) is 11.6 Å². The molecule has 0 amide bonds. The largest absolute Gasteiger partial charge is 0.504 e. The van der Waals surface area contributed by atoms with Gasteiger partial charge in [0.2, 0.25) is 0 Å². The molecule has 0 aliphatic heterocycles. The number of aliphatic hydroxyl groups is 1. The quantitative estimate of drug-likeness (QED) is 0.662. The van der Waals surface area contributed by atoms with Gasteiger partial charge in [-0.15, -0.1) is 0 Å². The van der Waals surface area contributed by atoms with Crippen molar-refractivity contribution in [2.75, 3.05) is 7.11 Å². The SMILES string of the molecule is COC1=CC(=O)C(C(=O)/C=C/c2ccccc2)=C1O. The van der Waals surface area contributed by atoms with Crippen LogP contribution in [-0.2, 0) is 14.3 Å². The Balaban J connectivity index is 2.21. The summed E-state index contributed by atoms with van der Waals surface area (Å²) in [6.45, 7) is 0. The Bertz CT molecular complexity index is 606. The second-order valence-electron chi connectivity index (χ2n) is 3.91. The van der Waals surface area contributed by atoms with E-state index in [-0.39, 0.29) is 11.3 Å². The summed E-state index contributed by atoms with van der Waals surface area (Å²) in [6.07, 6.45) is 3.94. The molecule has 2 rings (SSSR count). The third kappa shape index (κ3) is 2.63. The van der Waals surface area contributed by atoms with E-state index in [1.54, 1.807) is 6.08 Å². The molecule has 0 bridgehead atoms. The third-order valence-corrected chi connectivity index (χ3v) is 2.67. The van der Waals surface area contributed by atoms with E-state index in [9.17, 15) is 14.7 Å². The number of rotatable bonds is 4. The van der Waals surface area contributed by atoms with Crippen LogP contribution < -0.4 is 0 Å². The first kappa shape index (κ1) is 12.8. The highest BCUT2D eigenvalue weighted by atomic mass is 16.5. The third-order valence-electron chi connectivity index (χ3n) is 2.67. The first-order valence-corrected chi connectivity index (χ1v) is 5.64. The average molecular weight is 256 g/mol. The molecule has 1 N–H and O–H groups in total. The molecule has 0 heterocycles. The molecule has 1 aliphatic carbocycles. The molecule has 96 valence electrons. The lowest BCUT2D eigenvalue weighted by atomic mass is 10.1. The van der Waals surface area contributed by atoms with Crippen LogP contribution in [0.15, 0.2) is 59.6 Å². The highest BCUT2D eigenvalue weighted by molar-refractivity contribution is 6.30. The molecule has 1 aromatic carbocycles. The fourth-order valence-corrected chi connectivity index (χ4v) is 1.71. The lowest BCUT2D eigenvalue weighted by Crippen LogP contribution is -2.07. The van der Waals surface area contributed by atoms with Gasteiger partial charge in [0, 0.05) is 6.08 Å². The van der Waals surface area contributed by atoms with E-state index >= 15 is 0 Å². The van der Waals surface area contributed by atoms with Gasteiger partial charge in [0.05, 0.1) is 7.11 Å². The maximum Gasteiger partial charge on any atom is 0.197 e. The molecular formula is C15H12O4. The van der Waals surface area contributed by atoms with Crippen molar-refractivity contribution in [1.29, 1.82) is 0 Å². The smallest absolute Gasteiger partial charge is 0.197 e. The average Bonchev–Trinajstić information content (AvgIpc) is 2.72. The van der Waals surface area contributed by atoms with E-state index in [1.165, 1.54) is 13.2 Å². The molecule has 0 unspecified atom stereocenters. The van der Waals surface area contributed by atoms with E-state index in [1.807, 2.05) is 30.3 Å². The van der Waals surface area contributed by atoms with Gasteiger partial charge in [-0.3, -0.25) is 9.59 Å². The number of methoxy groups -OCH3 is 1. The molecule has 4 nitrogen and oxygen atoms in total. The summed E-state index contributed by atoms with van der Waals surface area (Å²) in [5, 5.41) is 9.70. The van der Waals surface area contributed by atoms with E-state index < -0.39 is 17.3 Å². The number of hydrogen-bond acceptors (Lipinski definition) is 4. The molecule has 0 atom stereocenters. The minimum atomic E-state index is -0.547. The second-order valence-corrected chi connectivity index (χ2v) is 3.91. The van der Waals surface area contributed by atoms with E-state index in [4.69, 9.17) is 4.74 Å². The molecule has 0 spiro atoms. The number of carbonyl (C=O) groups is 2. The minimum Gasteiger partial charge on any atom is -0.504 e. The van der Waals surface area contributed by atoms with E-state index in [0.29, 0.717) is 0 Å². The molecule has 0 radical (unpaired) electrons. The van der Waals surface area contributed by atoms with Crippen LogP contribution in [0.4, 0.5) is 0 Å². The number of benzene rings is 1. The lowest BCUT2D eigenvalue weighted by molar-refractivity contribution is -0.116. The minimum absolute atomic E-state index is 0.0152. The Morgan fingerprint density at radius 1 is 1.26 bits per heavy atom. The van der Waals surface area contributed by atoms with Crippen molar-refractivity contribution in [3.05, 3.63) is 65.1 Å². The Labute approximate surface area is 110 Å². The fourth-order valence-electron chi connectivity index (χ4n) is 1.71. The summed E-state index contributed by atoms with van der Waals surface area (Å²) >= 11 is 0. The summed E-state index contributed by atoms with van der Waals surface area (Å²) in [5.41, 5.74) is 0.574. The zero-order valence-electron chi connectivity index (χ0n) is 10.3. The van der Waals surface area contributed by atoms with Crippen LogP contribution in [0.3, 0.4) is 0 Å². The topological polar surface area (TPSA) is 63.6 Å². The van der Waals surface area contributed by atoms with Crippen molar-refractivity contribution in [3.63, 3.8) is 0 Å². The molecular weight excluding hydrogens is 244 g/mol. The summed E-state index contributed by atoms with van der Waals surface area (Å²) in [6, 6.07) is 9.20. The predicted octanol–water partition coefficient (Wildman–Crippen LogP) is 2.19. The van der Waals surface area contributed by atoms with Crippen LogP contribution in [0.1, 0.15) is 5.56 Å². The summed E-state index contributed by atoms with van der Waals surface area (Å²) < 4.78 is 4.79. The molecule has 0 saturated carbocycles. The molecule has 19 heavy (non-hydrogen) atoms. The molecule has 1 aromatic rings. The van der Waals surface area contributed by atoms with Crippen molar-refractivity contribution in [3.8, 4) is 0 Å². The Hall–Kier alpha value is -2.62. The van der Waals surface area contributed by atoms with Crippen LogP contribution in [0.5, 0.6) is 0 Å². The van der Waals surface area contributed by atoms with Gasteiger partial charge in [-0.2, -0.15) is 0 Å². The Kier molecular flexibility index (Phi) is 3.61. The molecule has 0 saturated heterocycles. The van der Waals surface area contributed by atoms with E-state index in [2.05, 4.69) is 0 Å². The number of carbonyl (C=O) groups excluding carboxylic acids is 2. The van der Waals surface area contributed by atoms with Gasteiger partial charge in [-0.25, -0.2) is 0 Å². The predicted molar refractivity (Wildman–Crippen MR) is 70.2 cm³/mol. The number of hydrogen-bond donors (Lipinski definition) is 1. The first-order valence-electron chi connectivity index (χ1n) is 5.64. The Morgan fingerprint density at radius 3 is 2.53 bits per heavy atom. The zero-order valence-corrected chi connectivity index (χ0v) is 10.3. The molecule has 4 heteroatoms. The summed E-state index contributed by atoms with van der Waals surface area (Å²) in [4.78, 5) is 23.5. The summed E-state index contributed by atoms with van der Waals surface area (Å²) in [5.74, 6) is -1.48. The van der Waals surface area contributed by atoms with Gasteiger partial charge in [-0.05, 0) is 11.6 Å². The number of aliphatic hydroxyl groups excluding tert-OH is 1. The van der Waals surface area contributed by atoms with Crippen molar-refractivity contribution in [2.24, 2.45) is 0 Å². The van der Waals surface area contributed by atoms with Gasteiger partial charge < -0.3 is 9.84 Å². The maximum atomic E-state index is 11.9. The lowest BCUT2D eigenvalue weighted by Gasteiger charge is -2.00. The van der Waals surface area contributed by atoms with Gasteiger partial charge in [0.1, 0.15) is 5.57 Å². The first-order chi connectivity index (χ1) is 9.13. The van der Waals surface area contributed by atoms with Crippen LogP contribution in [-0.4, -0.2) is 23.8 Å². The highest BCUT2D eigenvalue weighted by Gasteiger charge is 2.29. The monoisotopic (exact) mass is 256 g/mol. The van der Waals surface area contributed by atoms with Crippen molar-refractivity contribution in [1.82, 2.24) is 0 Å². The molecule has 0 aromatic heterocycles. The van der Waals surface area contributed by atoms with Crippen LogP contribution in [0.2, 0.25) is 0 Å². The van der Waals surface area contributed by atoms with Gasteiger partial charge in [0.15, 0.2) is 23.1 Å². The van der Waals surface area contributed by atoms with Gasteiger partial charge >= 0.3 is 0 Å². The molecule has 0 fully saturated rings. The normalized spacial score (nSPS) is 15.0. The second kappa shape index (κ2) is 5.35. The maximum absolute atomic E-state index is 11.9. The number of allylic oxidation sites excluding steroid dienone is 3. The number of ether oxygens (including phenoxy) is 1. The van der Waals surface area contributed by atoms with Crippen LogP contribution >= 0.6 is 0 Å². The van der Waals surface area contributed by atoms with Gasteiger partial charge in [0.25, 0.3) is 0 Å². The zero-order chi connectivity index (χ0) is 13.8. The van der Waals surface area contributed by atoms with Crippen molar-refractivity contribution < 1.29 is 19.4 Å². The van der Waals surface area contributed by atoms with Gasteiger partial charge in [-0.1, -0.05) is 36.4 Å². The van der Waals surface area contributed by atoms with Crippen LogP contribution in [0, 0.1) is 0 Å².